The molecule has 1 fully saturated rings. The Hall–Kier alpha value is -0.530. The van der Waals surface area contributed by atoms with Gasteiger partial charge in [-0.2, -0.15) is 0 Å². The van der Waals surface area contributed by atoms with E-state index in [0.29, 0.717) is 5.92 Å². The van der Waals surface area contributed by atoms with Crippen LogP contribution in [0.4, 0.5) is 0 Å². The van der Waals surface area contributed by atoms with Crippen molar-refractivity contribution >= 4 is 11.6 Å². The third kappa shape index (κ3) is 2.35. The summed E-state index contributed by atoms with van der Waals surface area (Å²) < 4.78 is 0. The van der Waals surface area contributed by atoms with E-state index in [2.05, 4.69) is 19.1 Å². The molecule has 0 aliphatic heterocycles. The van der Waals surface area contributed by atoms with Crippen LogP contribution in [0.25, 0.3) is 0 Å². The van der Waals surface area contributed by atoms with Crippen LogP contribution < -0.4 is 5.73 Å². The molecule has 0 aromatic heterocycles. The molecule has 1 aromatic carbocycles. The lowest BCUT2D eigenvalue weighted by Gasteiger charge is -2.20. The van der Waals surface area contributed by atoms with Gasteiger partial charge in [0.1, 0.15) is 0 Å². The largest absolute Gasteiger partial charge is 0.324 e. The molecule has 2 rings (SSSR count). The van der Waals surface area contributed by atoms with Gasteiger partial charge in [0.2, 0.25) is 0 Å². The van der Waals surface area contributed by atoms with Crippen molar-refractivity contribution in [3.8, 4) is 0 Å². The molecule has 2 N–H and O–H groups in total. The lowest BCUT2D eigenvalue weighted by Crippen LogP contribution is -2.20. The van der Waals surface area contributed by atoms with Crippen LogP contribution in [-0.4, -0.2) is 0 Å². The highest BCUT2D eigenvalue weighted by molar-refractivity contribution is 6.31. The van der Waals surface area contributed by atoms with E-state index in [1.807, 2.05) is 13.0 Å². The average molecular weight is 224 g/mol. The Morgan fingerprint density at radius 3 is 2.60 bits per heavy atom. The number of benzene rings is 1. The summed E-state index contributed by atoms with van der Waals surface area (Å²) >= 11 is 6.10. The first-order chi connectivity index (χ1) is 7.09. The maximum absolute atomic E-state index is 6.24. The summed E-state index contributed by atoms with van der Waals surface area (Å²) in [7, 11) is 0. The van der Waals surface area contributed by atoms with E-state index < -0.39 is 0 Å². The van der Waals surface area contributed by atoms with Gasteiger partial charge in [-0.25, -0.2) is 0 Å². The molecular weight excluding hydrogens is 206 g/mol. The highest BCUT2D eigenvalue weighted by Crippen LogP contribution is 2.42. The van der Waals surface area contributed by atoms with Gasteiger partial charge in [0.05, 0.1) is 0 Å². The number of nitrogens with two attached hydrogens (primary N) is 1. The van der Waals surface area contributed by atoms with Crippen LogP contribution in [-0.2, 0) is 0 Å². The van der Waals surface area contributed by atoms with Crippen LogP contribution in [0.2, 0.25) is 5.02 Å². The second-order valence-corrected chi connectivity index (χ2v) is 5.14. The Balaban J connectivity index is 2.17. The smallest absolute Gasteiger partial charge is 0.0438 e. The van der Waals surface area contributed by atoms with E-state index >= 15 is 0 Å². The number of hydrogen-bond donors (Lipinski definition) is 1. The Labute approximate surface area is 96.6 Å². The van der Waals surface area contributed by atoms with E-state index in [4.69, 9.17) is 17.3 Å². The third-order valence-corrected chi connectivity index (χ3v) is 3.92. The highest BCUT2D eigenvalue weighted by atomic mass is 35.5. The summed E-state index contributed by atoms with van der Waals surface area (Å²) in [6.07, 6.45) is 2.68. The molecule has 15 heavy (non-hydrogen) atoms. The standard InChI is InChI=1S/C13H18ClN/c1-8-3-4-11(7-12(8)14)13(15)9(2)10-5-6-10/h3-4,7,9-10,13H,5-6,15H2,1-2H3. The first-order valence-electron chi connectivity index (χ1n) is 5.61. The summed E-state index contributed by atoms with van der Waals surface area (Å²) in [5.74, 6) is 1.41. The SMILES string of the molecule is Cc1ccc(C(N)C(C)C2CC2)cc1Cl. The Morgan fingerprint density at radius 2 is 2.07 bits per heavy atom. The van der Waals surface area contributed by atoms with Crippen LogP contribution in [0.1, 0.15) is 36.9 Å². The summed E-state index contributed by atoms with van der Waals surface area (Å²) in [5.41, 5.74) is 8.53. The molecule has 0 bridgehead atoms. The second kappa shape index (κ2) is 4.15. The van der Waals surface area contributed by atoms with Gasteiger partial charge >= 0.3 is 0 Å². The van der Waals surface area contributed by atoms with Gasteiger partial charge in [-0.3, -0.25) is 0 Å². The summed E-state index contributed by atoms with van der Waals surface area (Å²) in [4.78, 5) is 0. The molecule has 2 unspecified atom stereocenters. The quantitative estimate of drug-likeness (QED) is 0.831. The molecule has 1 aliphatic rings. The predicted molar refractivity (Wildman–Crippen MR) is 65.0 cm³/mol. The van der Waals surface area contributed by atoms with Crippen LogP contribution in [0.15, 0.2) is 18.2 Å². The zero-order chi connectivity index (χ0) is 11.0. The summed E-state index contributed by atoms with van der Waals surface area (Å²) in [6, 6.07) is 6.30. The van der Waals surface area contributed by atoms with Gasteiger partial charge in [-0.05, 0) is 48.8 Å². The van der Waals surface area contributed by atoms with E-state index in [-0.39, 0.29) is 6.04 Å². The minimum atomic E-state index is 0.135. The lowest BCUT2D eigenvalue weighted by atomic mass is 9.91. The first kappa shape index (κ1) is 11.0. The Bertz CT molecular complexity index is 358. The summed E-state index contributed by atoms with van der Waals surface area (Å²) in [5, 5.41) is 0.825. The molecule has 0 spiro atoms. The molecule has 82 valence electrons. The molecule has 0 radical (unpaired) electrons. The predicted octanol–water partition coefficient (Wildman–Crippen LogP) is 3.69. The fourth-order valence-electron chi connectivity index (χ4n) is 2.04. The number of rotatable bonds is 3. The zero-order valence-electron chi connectivity index (χ0n) is 9.33. The van der Waals surface area contributed by atoms with Crippen molar-refractivity contribution in [3.63, 3.8) is 0 Å². The van der Waals surface area contributed by atoms with E-state index in [0.717, 1.165) is 16.5 Å². The molecular formula is C13H18ClN. The number of aryl methyl sites for hydroxylation is 1. The van der Waals surface area contributed by atoms with Crippen molar-refractivity contribution in [2.24, 2.45) is 17.6 Å². The molecule has 1 saturated carbocycles. The summed E-state index contributed by atoms with van der Waals surface area (Å²) in [6.45, 7) is 4.26. The molecule has 2 atom stereocenters. The van der Waals surface area contributed by atoms with Crippen LogP contribution in [0, 0.1) is 18.8 Å². The van der Waals surface area contributed by atoms with Gasteiger partial charge in [0.15, 0.2) is 0 Å². The van der Waals surface area contributed by atoms with Crippen LogP contribution >= 0.6 is 11.6 Å². The maximum Gasteiger partial charge on any atom is 0.0438 e. The van der Waals surface area contributed by atoms with Crippen molar-refractivity contribution in [2.45, 2.75) is 32.7 Å². The Morgan fingerprint density at radius 1 is 1.40 bits per heavy atom. The van der Waals surface area contributed by atoms with Crippen molar-refractivity contribution in [1.82, 2.24) is 0 Å². The molecule has 1 nitrogen and oxygen atoms in total. The van der Waals surface area contributed by atoms with Gasteiger partial charge < -0.3 is 5.73 Å². The minimum absolute atomic E-state index is 0.135. The third-order valence-electron chi connectivity index (χ3n) is 3.51. The number of halogens is 1. The van der Waals surface area contributed by atoms with Gasteiger partial charge in [0.25, 0.3) is 0 Å². The maximum atomic E-state index is 6.24. The Kier molecular flexibility index (Phi) is 3.03. The van der Waals surface area contributed by atoms with Crippen molar-refractivity contribution in [3.05, 3.63) is 34.3 Å². The second-order valence-electron chi connectivity index (χ2n) is 4.73. The topological polar surface area (TPSA) is 26.0 Å². The monoisotopic (exact) mass is 223 g/mol. The molecule has 0 heterocycles. The fraction of sp³-hybridized carbons (Fsp3) is 0.538. The van der Waals surface area contributed by atoms with Crippen molar-refractivity contribution in [2.75, 3.05) is 0 Å². The molecule has 1 aromatic rings. The van der Waals surface area contributed by atoms with Gasteiger partial charge in [0, 0.05) is 11.1 Å². The van der Waals surface area contributed by atoms with Crippen LogP contribution in [0.3, 0.4) is 0 Å². The van der Waals surface area contributed by atoms with E-state index in [9.17, 15) is 0 Å². The molecule has 0 saturated heterocycles. The van der Waals surface area contributed by atoms with Gasteiger partial charge in [-0.1, -0.05) is 30.7 Å². The van der Waals surface area contributed by atoms with Gasteiger partial charge in [-0.15, -0.1) is 0 Å². The lowest BCUT2D eigenvalue weighted by molar-refractivity contribution is 0.417. The average Bonchev–Trinajstić information content (AvgIpc) is 3.03. The minimum Gasteiger partial charge on any atom is -0.324 e. The highest BCUT2D eigenvalue weighted by Gasteiger charge is 2.32. The van der Waals surface area contributed by atoms with Crippen molar-refractivity contribution < 1.29 is 0 Å². The van der Waals surface area contributed by atoms with Crippen LogP contribution in [0.5, 0.6) is 0 Å². The van der Waals surface area contributed by atoms with E-state index in [1.165, 1.54) is 18.4 Å². The first-order valence-corrected chi connectivity index (χ1v) is 5.99. The molecule has 1 aliphatic carbocycles. The normalized spacial score (nSPS) is 20.0. The number of hydrogen-bond acceptors (Lipinski definition) is 1. The zero-order valence-corrected chi connectivity index (χ0v) is 10.1. The molecule has 0 amide bonds. The van der Waals surface area contributed by atoms with Crippen molar-refractivity contribution in [1.29, 1.82) is 0 Å². The fourth-order valence-corrected chi connectivity index (χ4v) is 2.22. The molecule has 2 heteroatoms. The van der Waals surface area contributed by atoms with E-state index in [1.54, 1.807) is 0 Å².